The molecule has 10 nitrogen and oxygen atoms in total. The lowest BCUT2D eigenvalue weighted by atomic mass is 9.91. The van der Waals surface area contributed by atoms with Crippen LogP contribution in [-0.2, 0) is 19.9 Å². The summed E-state index contributed by atoms with van der Waals surface area (Å²) in [5.74, 6) is 2.61. The van der Waals surface area contributed by atoms with Gasteiger partial charge in [0.1, 0.15) is 5.54 Å². The van der Waals surface area contributed by atoms with Gasteiger partial charge in [-0.05, 0) is 23.6 Å². The summed E-state index contributed by atoms with van der Waals surface area (Å²) < 4.78 is 0. The molecule has 4 N–H and O–H groups in total. The number of benzene rings is 2. The Balaban J connectivity index is 2.03. The topological polar surface area (TPSA) is 145 Å². The molecule has 2 unspecified atom stereocenters. The molecule has 2 atom stereocenters. The zero-order chi connectivity index (χ0) is 23.5. The molecule has 0 spiro atoms. The van der Waals surface area contributed by atoms with E-state index in [9.17, 15) is 24.3 Å². The van der Waals surface area contributed by atoms with Crippen LogP contribution in [0.25, 0.3) is 0 Å². The SMILES string of the molecule is CC(=O)N(C(CC(=O)O)c1ccccc1)N1C(=O)NC(C)(c2ccc(C=NN)cc2)C1=O. The lowest BCUT2D eigenvalue weighted by Gasteiger charge is -2.35. The van der Waals surface area contributed by atoms with E-state index in [0.29, 0.717) is 21.7 Å². The Morgan fingerprint density at radius 2 is 1.81 bits per heavy atom. The molecule has 1 aliphatic rings. The van der Waals surface area contributed by atoms with Crippen LogP contribution in [-0.4, -0.2) is 45.2 Å². The maximum Gasteiger partial charge on any atom is 0.344 e. The average molecular weight is 437 g/mol. The van der Waals surface area contributed by atoms with Gasteiger partial charge in [-0.25, -0.2) is 9.80 Å². The van der Waals surface area contributed by atoms with E-state index < -0.39 is 41.8 Å². The van der Waals surface area contributed by atoms with Crippen molar-refractivity contribution in [1.82, 2.24) is 15.3 Å². The zero-order valence-electron chi connectivity index (χ0n) is 17.6. The van der Waals surface area contributed by atoms with Crippen LogP contribution >= 0.6 is 0 Å². The van der Waals surface area contributed by atoms with Crippen LogP contribution in [0.3, 0.4) is 0 Å². The number of aliphatic carboxylic acids is 1. The molecule has 1 heterocycles. The van der Waals surface area contributed by atoms with Crippen molar-refractivity contribution in [2.45, 2.75) is 31.8 Å². The third kappa shape index (κ3) is 4.15. The number of hydrazine groups is 1. The number of hydrogen-bond acceptors (Lipinski definition) is 6. The number of hydrogen-bond donors (Lipinski definition) is 3. The predicted molar refractivity (Wildman–Crippen MR) is 115 cm³/mol. The summed E-state index contributed by atoms with van der Waals surface area (Å²) in [6, 6.07) is 13.1. The van der Waals surface area contributed by atoms with Gasteiger partial charge in [-0.3, -0.25) is 14.4 Å². The van der Waals surface area contributed by atoms with Crippen molar-refractivity contribution in [1.29, 1.82) is 0 Å². The first-order valence-corrected chi connectivity index (χ1v) is 9.76. The number of carboxylic acids is 1. The fourth-order valence-electron chi connectivity index (χ4n) is 3.69. The van der Waals surface area contributed by atoms with Gasteiger partial charge in [-0.15, -0.1) is 0 Å². The molecular weight excluding hydrogens is 414 g/mol. The van der Waals surface area contributed by atoms with E-state index in [1.807, 2.05) is 0 Å². The molecular formula is C22H23N5O5. The second kappa shape index (κ2) is 8.88. The van der Waals surface area contributed by atoms with E-state index in [0.717, 1.165) is 5.01 Å². The van der Waals surface area contributed by atoms with E-state index in [1.54, 1.807) is 54.6 Å². The lowest BCUT2D eigenvalue weighted by molar-refractivity contribution is -0.162. The van der Waals surface area contributed by atoms with Gasteiger partial charge in [0, 0.05) is 6.92 Å². The van der Waals surface area contributed by atoms with Gasteiger partial charge in [-0.2, -0.15) is 10.1 Å². The fraction of sp³-hybridized carbons (Fsp3) is 0.227. The van der Waals surface area contributed by atoms with E-state index in [-0.39, 0.29) is 0 Å². The smallest absolute Gasteiger partial charge is 0.344 e. The highest BCUT2D eigenvalue weighted by Gasteiger charge is 2.53. The maximum absolute atomic E-state index is 13.5. The molecule has 166 valence electrons. The van der Waals surface area contributed by atoms with Crippen molar-refractivity contribution in [3.05, 3.63) is 71.3 Å². The van der Waals surface area contributed by atoms with Gasteiger partial charge in [0.2, 0.25) is 5.91 Å². The molecule has 10 heteroatoms. The molecule has 2 aromatic rings. The molecule has 1 aliphatic heterocycles. The molecule has 4 amide bonds. The number of nitrogens with one attached hydrogen (secondary N) is 1. The number of nitrogens with zero attached hydrogens (tertiary/aromatic N) is 3. The Bertz CT molecular complexity index is 1070. The number of nitrogens with two attached hydrogens (primary N) is 1. The molecule has 1 saturated heterocycles. The summed E-state index contributed by atoms with van der Waals surface area (Å²) >= 11 is 0. The summed E-state index contributed by atoms with van der Waals surface area (Å²) in [7, 11) is 0. The van der Waals surface area contributed by atoms with Crippen molar-refractivity contribution < 1.29 is 24.3 Å². The van der Waals surface area contributed by atoms with E-state index >= 15 is 0 Å². The molecule has 3 rings (SSSR count). The highest BCUT2D eigenvalue weighted by Crippen LogP contribution is 2.34. The van der Waals surface area contributed by atoms with Crippen LogP contribution in [0, 0.1) is 0 Å². The Morgan fingerprint density at radius 1 is 1.19 bits per heavy atom. The second-order valence-electron chi connectivity index (χ2n) is 7.46. The molecule has 0 bridgehead atoms. The number of rotatable bonds is 7. The van der Waals surface area contributed by atoms with Gasteiger partial charge in [0.05, 0.1) is 18.7 Å². The average Bonchev–Trinajstić information content (AvgIpc) is 2.98. The van der Waals surface area contributed by atoms with Crippen molar-refractivity contribution in [3.63, 3.8) is 0 Å². The van der Waals surface area contributed by atoms with Gasteiger partial charge >= 0.3 is 12.0 Å². The van der Waals surface area contributed by atoms with Crippen molar-refractivity contribution in [2.75, 3.05) is 0 Å². The molecule has 0 saturated carbocycles. The van der Waals surface area contributed by atoms with Crippen molar-refractivity contribution in [3.8, 4) is 0 Å². The number of carbonyl (C=O) groups excluding carboxylic acids is 3. The lowest BCUT2D eigenvalue weighted by Crippen LogP contribution is -2.52. The second-order valence-corrected chi connectivity index (χ2v) is 7.46. The van der Waals surface area contributed by atoms with Crippen molar-refractivity contribution in [2.24, 2.45) is 10.9 Å². The zero-order valence-corrected chi connectivity index (χ0v) is 17.6. The summed E-state index contributed by atoms with van der Waals surface area (Å²) in [6.07, 6.45) is 0.936. The number of carboxylic acid groups (broad SMARTS) is 1. The maximum atomic E-state index is 13.5. The van der Waals surface area contributed by atoms with Crippen LogP contribution in [0.2, 0.25) is 0 Å². The predicted octanol–water partition coefficient (Wildman–Crippen LogP) is 1.73. The monoisotopic (exact) mass is 437 g/mol. The Kier molecular flexibility index (Phi) is 6.24. The van der Waals surface area contributed by atoms with Crippen LogP contribution in [0.5, 0.6) is 0 Å². The molecule has 32 heavy (non-hydrogen) atoms. The number of amides is 4. The highest BCUT2D eigenvalue weighted by molar-refractivity contribution is 6.08. The van der Waals surface area contributed by atoms with Gasteiger partial charge in [0.15, 0.2) is 0 Å². The van der Waals surface area contributed by atoms with Crippen LogP contribution in [0.1, 0.15) is 43.0 Å². The minimum Gasteiger partial charge on any atom is -0.481 e. The normalized spacial score (nSPS) is 19.1. The third-order valence-corrected chi connectivity index (χ3v) is 5.27. The first-order chi connectivity index (χ1) is 15.2. The summed E-state index contributed by atoms with van der Waals surface area (Å²) in [4.78, 5) is 50.6. The van der Waals surface area contributed by atoms with E-state index in [1.165, 1.54) is 20.1 Å². The standard InChI is InChI=1S/C22H23N5O5/c1-14(28)26(18(12-19(29)30)16-6-4-3-5-7-16)27-20(31)22(2,25-21(27)32)17-10-8-15(9-11-17)13-24-23/h3-11,13,18H,12,23H2,1-2H3,(H,25,32)(H,29,30). The first-order valence-electron chi connectivity index (χ1n) is 9.76. The highest BCUT2D eigenvalue weighted by atomic mass is 16.4. The molecule has 1 fully saturated rings. The number of carbonyl (C=O) groups is 4. The molecule has 0 aliphatic carbocycles. The Morgan fingerprint density at radius 3 is 2.34 bits per heavy atom. The van der Waals surface area contributed by atoms with E-state index in [2.05, 4.69) is 10.4 Å². The molecule has 0 radical (unpaired) electrons. The van der Waals surface area contributed by atoms with Crippen LogP contribution < -0.4 is 11.2 Å². The minimum atomic E-state index is -1.46. The quantitative estimate of drug-likeness (QED) is 0.260. The van der Waals surface area contributed by atoms with Crippen molar-refractivity contribution >= 4 is 30.0 Å². The number of hydrazone groups is 1. The van der Waals surface area contributed by atoms with Gasteiger partial charge in [0.25, 0.3) is 5.91 Å². The van der Waals surface area contributed by atoms with Gasteiger partial charge < -0.3 is 16.3 Å². The summed E-state index contributed by atoms with van der Waals surface area (Å²) in [5.41, 5.74) is 0.188. The van der Waals surface area contributed by atoms with E-state index in [4.69, 9.17) is 5.84 Å². The first kappa shape index (κ1) is 22.5. The van der Waals surface area contributed by atoms with Crippen LogP contribution in [0.15, 0.2) is 59.7 Å². The van der Waals surface area contributed by atoms with Crippen LogP contribution in [0.4, 0.5) is 4.79 Å². The Labute approximate surface area is 184 Å². The minimum absolute atomic E-state index is 0.477. The third-order valence-electron chi connectivity index (χ3n) is 5.27. The molecule has 0 aromatic heterocycles. The molecule has 2 aromatic carbocycles. The fourth-order valence-corrected chi connectivity index (χ4v) is 3.69. The summed E-state index contributed by atoms with van der Waals surface area (Å²) in [5, 5.41) is 17.1. The number of urea groups is 1. The largest absolute Gasteiger partial charge is 0.481 e. The Hall–Kier alpha value is -4.21. The summed E-state index contributed by atoms with van der Waals surface area (Å²) in [6.45, 7) is 2.70. The van der Waals surface area contributed by atoms with Gasteiger partial charge in [-0.1, -0.05) is 54.6 Å². The number of imide groups is 1.